The molecule has 0 aromatic heterocycles. The smallest absolute Gasteiger partial charge is 0.326 e. The summed E-state index contributed by atoms with van der Waals surface area (Å²) < 4.78 is 12.8. The summed E-state index contributed by atoms with van der Waals surface area (Å²) in [6.45, 7) is -0.380. The number of aliphatic carboxylic acids is 1. The van der Waals surface area contributed by atoms with E-state index in [4.69, 9.17) is 21.8 Å². The predicted octanol–water partition coefficient (Wildman–Crippen LogP) is 1.44. The van der Waals surface area contributed by atoms with E-state index in [1.165, 1.54) is 6.07 Å². The Kier molecular flexibility index (Phi) is 5.53. The van der Waals surface area contributed by atoms with Gasteiger partial charge in [0.1, 0.15) is 11.9 Å². The monoisotopic (exact) mass is 290 g/mol. The van der Waals surface area contributed by atoms with Crippen LogP contribution in [-0.2, 0) is 4.79 Å². The van der Waals surface area contributed by atoms with E-state index >= 15 is 0 Å². The van der Waals surface area contributed by atoms with Crippen molar-refractivity contribution in [3.63, 3.8) is 0 Å². The van der Waals surface area contributed by atoms with Crippen LogP contribution in [0.4, 0.5) is 14.9 Å². The van der Waals surface area contributed by atoms with Gasteiger partial charge in [0.2, 0.25) is 0 Å². The first-order valence-electron chi connectivity index (χ1n) is 5.30. The Labute approximate surface area is 113 Å². The minimum Gasteiger partial charge on any atom is -0.480 e. The Morgan fingerprint density at radius 2 is 2.11 bits per heavy atom. The lowest BCUT2D eigenvalue weighted by Crippen LogP contribution is -2.43. The molecule has 0 radical (unpaired) electrons. The number of aliphatic hydroxyl groups excluding tert-OH is 1. The maximum atomic E-state index is 12.8. The summed E-state index contributed by atoms with van der Waals surface area (Å²) in [6, 6.07) is 1.33. The summed E-state index contributed by atoms with van der Waals surface area (Å²) in [5.74, 6) is -1.82. The van der Waals surface area contributed by atoms with Gasteiger partial charge in [0, 0.05) is 13.0 Å². The fraction of sp³-hybridized carbons (Fsp3) is 0.273. The van der Waals surface area contributed by atoms with Gasteiger partial charge in [0.05, 0.1) is 10.7 Å². The van der Waals surface area contributed by atoms with E-state index in [0.717, 1.165) is 12.1 Å². The Balaban J connectivity index is 2.66. The molecule has 0 heterocycles. The molecule has 1 aromatic rings. The van der Waals surface area contributed by atoms with E-state index < -0.39 is 23.9 Å². The minimum absolute atomic E-state index is 0.0100. The second kappa shape index (κ2) is 6.91. The van der Waals surface area contributed by atoms with Crippen molar-refractivity contribution in [2.45, 2.75) is 12.5 Å². The number of aliphatic hydroxyl groups is 1. The van der Waals surface area contributed by atoms with E-state index in [1.54, 1.807) is 0 Å². The molecule has 0 aliphatic carbocycles. The number of anilines is 1. The fourth-order valence-electron chi connectivity index (χ4n) is 1.29. The van der Waals surface area contributed by atoms with E-state index in [-0.39, 0.29) is 23.7 Å². The summed E-state index contributed by atoms with van der Waals surface area (Å²) in [5, 5.41) is 21.9. The number of hydrogen-bond acceptors (Lipinski definition) is 3. The fourth-order valence-corrected chi connectivity index (χ4v) is 1.51. The van der Waals surface area contributed by atoms with Gasteiger partial charge in [0.25, 0.3) is 0 Å². The number of carbonyl (C=O) groups excluding carboxylic acids is 1. The Hall–Kier alpha value is -1.86. The van der Waals surface area contributed by atoms with Crippen LogP contribution < -0.4 is 10.6 Å². The molecule has 19 heavy (non-hydrogen) atoms. The van der Waals surface area contributed by atoms with Gasteiger partial charge < -0.3 is 20.8 Å². The van der Waals surface area contributed by atoms with Gasteiger partial charge in [-0.25, -0.2) is 14.0 Å². The number of halogens is 2. The number of nitrogens with one attached hydrogen (secondary N) is 2. The van der Waals surface area contributed by atoms with Crippen molar-refractivity contribution in [1.82, 2.24) is 5.32 Å². The van der Waals surface area contributed by atoms with Crippen molar-refractivity contribution >= 4 is 29.3 Å². The van der Waals surface area contributed by atoms with Crippen LogP contribution in [0.15, 0.2) is 18.2 Å². The highest BCUT2D eigenvalue weighted by atomic mass is 35.5. The summed E-state index contributed by atoms with van der Waals surface area (Å²) in [4.78, 5) is 22.3. The Bertz CT molecular complexity index is 484. The molecule has 8 heteroatoms. The summed E-state index contributed by atoms with van der Waals surface area (Å²) in [7, 11) is 0. The van der Waals surface area contributed by atoms with Gasteiger partial charge in [-0.1, -0.05) is 11.6 Å². The average molecular weight is 291 g/mol. The molecule has 1 atom stereocenters. The number of carbonyl (C=O) groups is 2. The van der Waals surface area contributed by atoms with Crippen LogP contribution in [0.25, 0.3) is 0 Å². The van der Waals surface area contributed by atoms with E-state index in [9.17, 15) is 14.0 Å². The molecule has 104 valence electrons. The van der Waals surface area contributed by atoms with E-state index in [0.29, 0.717) is 0 Å². The normalized spacial score (nSPS) is 11.7. The largest absolute Gasteiger partial charge is 0.480 e. The second-order valence-electron chi connectivity index (χ2n) is 3.63. The van der Waals surface area contributed by atoms with Crippen molar-refractivity contribution in [3.05, 3.63) is 29.0 Å². The maximum Gasteiger partial charge on any atom is 0.326 e. The molecule has 0 aliphatic heterocycles. The molecule has 0 spiro atoms. The zero-order valence-electron chi connectivity index (χ0n) is 9.69. The Morgan fingerprint density at radius 1 is 1.42 bits per heavy atom. The average Bonchev–Trinajstić information content (AvgIpc) is 2.32. The van der Waals surface area contributed by atoms with Crippen molar-refractivity contribution in [1.29, 1.82) is 0 Å². The topological polar surface area (TPSA) is 98.7 Å². The third-order valence-corrected chi connectivity index (χ3v) is 2.51. The van der Waals surface area contributed by atoms with Crippen molar-refractivity contribution in [2.75, 3.05) is 11.9 Å². The minimum atomic E-state index is -1.27. The van der Waals surface area contributed by atoms with Crippen molar-refractivity contribution < 1.29 is 24.2 Å². The lowest BCUT2D eigenvalue weighted by atomic mass is 10.2. The highest BCUT2D eigenvalue weighted by molar-refractivity contribution is 6.33. The van der Waals surface area contributed by atoms with Crippen LogP contribution in [0.3, 0.4) is 0 Å². The zero-order valence-corrected chi connectivity index (χ0v) is 10.4. The number of carboxylic acids is 1. The molecule has 1 rings (SSSR count). The van der Waals surface area contributed by atoms with Crippen LogP contribution in [-0.4, -0.2) is 34.9 Å². The Morgan fingerprint density at radius 3 is 2.63 bits per heavy atom. The number of rotatable bonds is 5. The lowest BCUT2D eigenvalue weighted by molar-refractivity contribution is -0.139. The molecule has 0 aliphatic rings. The standard InChI is InChI=1S/C11H12ClFN2O4/c12-7-5-6(13)1-2-8(7)14-11(19)15-9(3-4-16)10(17)18/h1-2,5,9,16H,3-4H2,(H,17,18)(H2,14,15,19). The maximum absolute atomic E-state index is 12.8. The second-order valence-corrected chi connectivity index (χ2v) is 4.03. The quantitative estimate of drug-likeness (QED) is 0.659. The third kappa shape index (κ3) is 4.72. The third-order valence-electron chi connectivity index (χ3n) is 2.20. The molecule has 6 nitrogen and oxygen atoms in total. The summed E-state index contributed by atoms with van der Waals surface area (Å²) in [6.07, 6.45) is -0.125. The molecule has 0 bridgehead atoms. The predicted molar refractivity (Wildman–Crippen MR) is 66.7 cm³/mol. The molecule has 4 N–H and O–H groups in total. The van der Waals surface area contributed by atoms with Crippen LogP contribution in [0.2, 0.25) is 5.02 Å². The van der Waals surface area contributed by atoms with Gasteiger partial charge in [-0.05, 0) is 18.2 Å². The van der Waals surface area contributed by atoms with Gasteiger partial charge in [-0.15, -0.1) is 0 Å². The number of carboxylic acid groups (broad SMARTS) is 1. The highest BCUT2D eigenvalue weighted by Crippen LogP contribution is 2.22. The van der Waals surface area contributed by atoms with Crippen LogP contribution in [0.1, 0.15) is 6.42 Å². The number of urea groups is 1. The first kappa shape index (κ1) is 15.2. The number of hydrogen-bond donors (Lipinski definition) is 4. The number of amides is 2. The molecular formula is C11H12ClFN2O4. The zero-order chi connectivity index (χ0) is 14.4. The van der Waals surface area contributed by atoms with Crippen molar-refractivity contribution in [3.8, 4) is 0 Å². The first-order chi connectivity index (χ1) is 8.93. The summed E-state index contributed by atoms with van der Waals surface area (Å²) >= 11 is 5.70. The SMILES string of the molecule is O=C(Nc1ccc(F)cc1Cl)NC(CCO)C(=O)O. The molecular weight excluding hydrogens is 279 g/mol. The molecule has 0 saturated heterocycles. The molecule has 0 fully saturated rings. The van der Waals surface area contributed by atoms with Crippen molar-refractivity contribution in [2.24, 2.45) is 0 Å². The van der Waals surface area contributed by atoms with E-state index in [1.807, 2.05) is 0 Å². The van der Waals surface area contributed by atoms with Gasteiger partial charge in [0.15, 0.2) is 0 Å². The number of benzene rings is 1. The lowest BCUT2D eigenvalue weighted by Gasteiger charge is -2.14. The van der Waals surface area contributed by atoms with Gasteiger partial charge >= 0.3 is 12.0 Å². The molecule has 1 unspecified atom stereocenters. The highest BCUT2D eigenvalue weighted by Gasteiger charge is 2.19. The van der Waals surface area contributed by atoms with Crippen LogP contribution >= 0.6 is 11.6 Å². The molecule has 0 saturated carbocycles. The van der Waals surface area contributed by atoms with Gasteiger partial charge in [-0.3, -0.25) is 0 Å². The first-order valence-corrected chi connectivity index (χ1v) is 5.68. The van der Waals surface area contributed by atoms with Gasteiger partial charge in [-0.2, -0.15) is 0 Å². The van der Waals surface area contributed by atoms with E-state index in [2.05, 4.69) is 10.6 Å². The van der Waals surface area contributed by atoms with Crippen LogP contribution in [0.5, 0.6) is 0 Å². The molecule has 1 aromatic carbocycles. The van der Waals surface area contributed by atoms with Crippen LogP contribution in [0, 0.1) is 5.82 Å². The molecule has 2 amide bonds. The summed E-state index contributed by atoms with van der Waals surface area (Å²) in [5.41, 5.74) is 0.147.